The number of carbonyl (C=O) groups excluding carboxylic acids is 1. The highest BCUT2D eigenvalue weighted by molar-refractivity contribution is 7.98. The number of thioether (sulfide) groups is 1. The van der Waals surface area contributed by atoms with E-state index in [9.17, 15) is 25.0 Å². The summed E-state index contributed by atoms with van der Waals surface area (Å²) in [6.45, 7) is 0. The van der Waals surface area contributed by atoms with Crippen molar-refractivity contribution in [2.75, 3.05) is 0 Å². The van der Waals surface area contributed by atoms with Crippen LogP contribution in [0.25, 0.3) is 0 Å². The van der Waals surface area contributed by atoms with Crippen molar-refractivity contribution < 1.29 is 14.6 Å². The van der Waals surface area contributed by atoms with E-state index in [2.05, 4.69) is 0 Å². The van der Waals surface area contributed by atoms with Gasteiger partial charge in [0.15, 0.2) is 5.56 Å². The average Bonchev–Trinajstić information content (AvgIpc) is 2.52. The van der Waals surface area contributed by atoms with Gasteiger partial charge in [0, 0.05) is 22.8 Å². The van der Waals surface area contributed by atoms with Gasteiger partial charge >= 0.3 is 0 Å². The standard InChI is InChI=1S/C14H11N3O5S/c15-14(18)13-11(16(19)20)6-10(7-12(13)17(21)22)23-8-9-4-2-1-3-5-9/h1-7H,8H2,(H2,15,18). The van der Waals surface area contributed by atoms with Gasteiger partial charge in [0.05, 0.1) is 9.85 Å². The van der Waals surface area contributed by atoms with Gasteiger partial charge in [-0.2, -0.15) is 0 Å². The molecule has 0 aliphatic rings. The molecule has 9 heteroatoms. The Balaban J connectivity index is 2.43. The zero-order valence-corrected chi connectivity index (χ0v) is 12.5. The number of nitrogens with zero attached hydrogens (tertiary/aromatic N) is 2. The molecule has 2 rings (SSSR count). The van der Waals surface area contributed by atoms with Crippen LogP contribution in [0.2, 0.25) is 0 Å². The number of hydrogen-bond donors (Lipinski definition) is 1. The van der Waals surface area contributed by atoms with E-state index < -0.39 is 32.7 Å². The molecule has 8 nitrogen and oxygen atoms in total. The number of nitro groups is 2. The lowest BCUT2D eigenvalue weighted by molar-refractivity contribution is -0.394. The third-order valence-corrected chi connectivity index (χ3v) is 4.01. The van der Waals surface area contributed by atoms with E-state index in [0.29, 0.717) is 10.6 Å². The average molecular weight is 333 g/mol. The summed E-state index contributed by atoms with van der Waals surface area (Å²) in [5.74, 6) is -0.728. The van der Waals surface area contributed by atoms with Gasteiger partial charge in [0.2, 0.25) is 0 Å². The molecule has 0 saturated carbocycles. The number of hydrogen-bond acceptors (Lipinski definition) is 6. The Labute approximate surface area is 134 Å². The first-order chi connectivity index (χ1) is 10.9. The van der Waals surface area contributed by atoms with Crippen LogP contribution in [0.1, 0.15) is 15.9 Å². The first kappa shape index (κ1) is 16.4. The molecule has 0 fully saturated rings. The van der Waals surface area contributed by atoms with E-state index in [1.807, 2.05) is 30.3 Å². The van der Waals surface area contributed by atoms with Crippen LogP contribution >= 0.6 is 11.8 Å². The zero-order valence-electron chi connectivity index (χ0n) is 11.7. The van der Waals surface area contributed by atoms with E-state index in [1.54, 1.807) is 0 Å². The highest BCUT2D eigenvalue weighted by Crippen LogP contribution is 2.35. The number of carbonyl (C=O) groups is 1. The molecule has 0 bridgehead atoms. The third kappa shape index (κ3) is 3.83. The fourth-order valence-electron chi connectivity index (χ4n) is 1.95. The van der Waals surface area contributed by atoms with Gasteiger partial charge in [0.25, 0.3) is 17.3 Å². The molecule has 23 heavy (non-hydrogen) atoms. The molecule has 0 atom stereocenters. The lowest BCUT2D eigenvalue weighted by Crippen LogP contribution is -2.16. The Morgan fingerprint density at radius 2 is 1.57 bits per heavy atom. The van der Waals surface area contributed by atoms with Crippen LogP contribution in [-0.2, 0) is 5.75 Å². The lowest BCUT2D eigenvalue weighted by Gasteiger charge is -2.05. The van der Waals surface area contributed by atoms with Crippen molar-refractivity contribution >= 4 is 29.0 Å². The van der Waals surface area contributed by atoms with Crippen LogP contribution in [0.5, 0.6) is 0 Å². The second kappa shape index (κ2) is 6.88. The zero-order chi connectivity index (χ0) is 17.0. The minimum Gasteiger partial charge on any atom is -0.365 e. The van der Waals surface area contributed by atoms with Crippen molar-refractivity contribution in [3.8, 4) is 0 Å². The number of benzene rings is 2. The molecule has 2 aromatic carbocycles. The molecular weight excluding hydrogens is 322 g/mol. The van der Waals surface area contributed by atoms with Gasteiger partial charge in [-0.1, -0.05) is 30.3 Å². The smallest absolute Gasteiger partial charge is 0.290 e. The summed E-state index contributed by atoms with van der Waals surface area (Å²) in [5, 5.41) is 22.2. The largest absolute Gasteiger partial charge is 0.365 e. The minimum atomic E-state index is -1.21. The summed E-state index contributed by atoms with van der Waals surface area (Å²) in [7, 11) is 0. The van der Waals surface area contributed by atoms with Gasteiger partial charge in [-0.15, -0.1) is 11.8 Å². The van der Waals surface area contributed by atoms with Crippen LogP contribution in [0.3, 0.4) is 0 Å². The fraction of sp³-hybridized carbons (Fsp3) is 0.0714. The summed E-state index contributed by atoms with van der Waals surface area (Å²) in [6, 6.07) is 11.5. The number of nitrogens with two attached hydrogens (primary N) is 1. The maximum absolute atomic E-state index is 11.3. The van der Waals surface area contributed by atoms with Gasteiger partial charge in [-0.3, -0.25) is 25.0 Å². The number of rotatable bonds is 6. The second-order valence-electron chi connectivity index (χ2n) is 4.49. The molecule has 0 spiro atoms. The third-order valence-electron chi connectivity index (χ3n) is 2.96. The Kier molecular flexibility index (Phi) is 4.91. The molecule has 0 saturated heterocycles. The van der Waals surface area contributed by atoms with Crippen LogP contribution in [0, 0.1) is 20.2 Å². The SMILES string of the molecule is NC(=O)c1c([N+](=O)[O-])cc(SCc2ccccc2)cc1[N+](=O)[O-]. The van der Waals surface area contributed by atoms with Crippen LogP contribution in [0.15, 0.2) is 47.4 Å². The van der Waals surface area contributed by atoms with E-state index in [0.717, 1.165) is 17.7 Å². The summed E-state index contributed by atoms with van der Waals surface area (Å²) in [6.07, 6.45) is 0. The molecular formula is C14H11N3O5S. The maximum atomic E-state index is 11.3. The molecule has 0 unspecified atom stereocenters. The number of amides is 1. The summed E-state index contributed by atoms with van der Waals surface area (Å²) >= 11 is 1.20. The maximum Gasteiger partial charge on any atom is 0.290 e. The normalized spacial score (nSPS) is 10.3. The van der Waals surface area contributed by atoms with E-state index in [4.69, 9.17) is 5.73 Å². The predicted octanol–water partition coefficient (Wildman–Crippen LogP) is 2.89. The van der Waals surface area contributed by atoms with Crippen molar-refractivity contribution in [2.24, 2.45) is 5.73 Å². The van der Waals surface area contributed by atoms with Gasteiger partial charge in [-0.05, 0) is 5.56 Å². The van der Waals surface area contributed by atoms with Crippen molar-refractivity contribution in [3.05, 3.63) is 73.8 Å². The van der Waals surface area contributed by atoms with E-state index >= 15 is 0 Å². The van der Waals surface area contributed by atoms with Gasteiger partial charge in [-0.25, -0.2) is 0 Å². The Hall–Kier alpha value is -2.94. The summed E-state index contributed by atoms with van der Waals surface area (Å²) in [4.78, 5) is 32.2. The van der Waals surface area contributed by atoms with Crippen LogP contribution < -0.4 is 5.73 Å². The van der Waals surface area contributed by atoms with Gasteiger partial charge in [0.1, 0.15) is 0 Å². The van der Waals surface area contributed by atoms with Crippen molar-refractivity contribution in [1.29, 1.82) is 0 Å². The first-order valence-corrected chi connectivity index (χ1v) is 7.32. The highest BCUT2D eigenvalue weighted by Gasteiger charge is 2.30. The Morgan fingerprint density at radius 3 is 2.00 bits per heavy atom. The molecule has 2 aromatic rings. The molecule has 0 aromatic heterocycles. The van der Waals surface area contributed by atoms with Crippen molar-refractivity contribution in [3.63, 3.8) is 0 Å². The van der Waals surface area contributed by atoms with E-state index in [1.165, 1.54) is 11.8 Å². The summed E-state index contributed by atoms with van der Waals surface area (Å²) in [5.41, 5.74) is 3.99. The first-order valence-electron chi connectivity index (χ1n) is 6.33. The Bertz CT molecular complexity index is 744. The second-order valence-corrected chi connectivity index (χ2v) is 5.54. The molecule has 0 heterocycles. The summed E-state index contributed by atoms with van der Waals surface area (Å²) < 4.78 is 0. The molecule has 118 valence electrons. The van der Waals surface area contributed by atoms with Gasteiger partial charge < -0.3 is 5.73 Å². The number of primary amides is 1. The predicted molar refractivity (Wildman–Crippen MR) is 84.3 cm³/mol. The molecule has 1 amide bonds. The Morgan fingerprint density at radius 1 is 1.04 bits per heavy atom. The van der Waals surface area contributed by atoms with Crippen LogP contribution in [-0.4, -0.2) is 15.8 Å². The van der Waals surface area contributed by atoms with Crippen molar-refractivity contribution in [2.45, 2.75) is 10.6 Å². The quantitative estimate of drug-likeness (QED) is 0.491. The van der Waals surface area contributed by atoms with E-state index in [-0.39, 0.29) is 0 Å². The molecule has 0 aliphatic heterocycles. The molecule has 0 aliphatic carbocycles. The fourth-order valence-corrected chi connectivity index (χ4v) is 2.87. The van der Waals surface area contributed by atoms with Crippen LogP contribution in [0.4, 0.5) is 11.4 Å². The lowest BCUT2D eigenvalue weighted by atomic mass is 10.1. The monoisotopic (exact) mass is 333 g/mol. The highest BCUT2D eigenvalue weighted by atomic mass is 32.2. The topological polar surface area (TPSA) is 129 Å². The number of nitro benzene ring substituents is 2. The minimum absolute atomic E-state index is 0.317. The van der Waals surface area contributed by atoms with Crippen molar-refractivity contribution in [1.82, 2.24) is 0 Å². The molecule has 2 N–H and O–H groups in total. The molecule has 0 radical (unpaired) electrons.